The van der Waals surface area contributed by atoms with E-state index in [-0.39, 0.29) is 5.91 Å². The number of benzene rings is 2. The van der Waals surface area contributed by atoms with Crippen LogP contribution in [0.15, 0.2) is 46.9 Å². The molecule has 0 saturated carbocycles. The fraction of sp³-hybridized carbons (Fsp3) is 0.316. The third kappa shape index (κ3) is 2.49. The third-order valence-corrected chi connectivity index (χ3v) is 4.74. The smallest absolute Gasteiger partial charge is 0.289 e. The number of carbonyl (C=O) groups excluding carboxylic acids is 1. The molecule has 1 aromatic heterocycles. The van der Waals surface area contributed by atoms with E-state index < -0.39 is 0 Å². The zero-order chi connectivity index (χ0) is 15.8. The Bertz CT molecular complexity index is 860. The van der Waals surface area contributed by atoms with Crippen molar-refractivity contribution >= 4 is 27.6 Å². The maximum absolute atomic E-state index is 12.7. The van der Waals surface area contributed by atoms with Crippen molar-refractivity contribution in [2.45, 2.75) is 6.92 Å². The highest BCUT2D eigenvalue weighted by Crippen LogP contribution is 2.28. The number of hydrogen-bond acceptors (Lipinski definition) is 3. The van der Waals surface area contributed by atoms with Gasteiger partial charge in [0.25, 0.3) is 5.91 Å². The van der Waals surface area contributed by atoms with Crippen LogP contribution >= 0.6 is 0 Å². The highest BCUT2D eigenvalue weighted by molar-refractivity contribution is 6.08. The van der Waals surface area contributed by atoms with Crippen LogP contribution in [0.4, 0.5) is 0 Å². The number of rotatable bonds is 2. The fourth-order valence-electron chi connectivity index (χ4n) is 3.32. The maximum Gasteiger partial charge on any atom is 0.289 e. The minimum Gasteiger partial charge on any atom is -0.451 e. The molecule has 1 aliphatic rings. The summed E-state index contributed by atoms with van der Waals surface area (Å²) in [5.74, 6) is 0.447. The van der Waals surface area contributed by atoms with Gasteiger partial charge in [0.15, 0.2) is 5.76 Å². The van der Waals surface area contributed by atoms with E-state index in [2.05, 4.69) is 24.0 Å². The normalized spacial score (nSPS) is 16.3. The molecule has 0 bridgehead atoms. The van der Waals surface area contributed by atoms with E-state index in [0.717, 1.165) is 54.5 Å². The number of likely N-dealkylation sites (N-methyl/N-ethyl adjacent to an activating group) is 1. The standard InChI is InChI=1S/C19H20N2O2/c1-2-20-9-11-21(12-10-20)19(22)18-13-16-15-6-4-3-5-14(15)7-8-17(16)23-18/h3-8,13H,2,9-12H2,1H3. The van der Waals surface area contributed by atoms with E-state index in [1.165, 1.54) is 0 Å². The molecule has 4 heteroatoms. The Morgan fingerprint density at radius 1 is 1.04 bits per heavy atom. The van der Waals surface area contributed by atoms with Crippen molar-refractivity contribution in [1.82, 2.24) is 9.80 Å². The fourth-order valence-corrected chi connectivity index (χ4v) is 3.32. The topological polar surface area (TPSA) is 36.7 Å². The zero-order valence-electron chi connectivity index (χ0n) is 13.3. The molecule has 3 aromatic rings. The van der Waals surface area contributed by atoms with Gasteiger partial charge < -0.3 is 14.2 Å². The quantitative estimate of drug-likeness (QED) is 0.728. The molecule has 118 valence electrons. The largest absolute Gasteiger partial charge is 0.451 e. The third-order valence-electron chi connectivity index (χ3n) is 4.74. The van der Waals surface area contributed by atoms with Crippen molar-refractivity contribution in [2.75, 3.05) is 32.7 Å². The van der Waals surface area contributed by atoms with Crippen molar-refractivity contribution in [3.05, 3.63) is 48.2 Å². The van der Waals surface area contributed by atoms with E-state index in [1.807, 2.05) is 35.2 Å². The van der Waals surface area contributed by atoms with Gasteiger partial charge in [0, 0.05) is 31.6 Å². The lowest BCUT2D eigenvalue weighted by atomic mass is 10.1. The van der Waals surface area contributed by atoms with Crippen molar-refractivity contribution in [1.29, 1.82) is 0 Å². The molecule has 0 radical (unpaired) electrons. The lowest BCUT2D eigenvalue weighted by Gasteiger charge is -2.33. The van der Waals surface area contributed by atoms with Gasteiger partial charge in [0.05, 0.1) is 0 Å². The van der Waals surface area contributed by atoms with Crippen molar-refractivity contribution in [2.24, 2.45) is 0 Å². The first-order valence-electron chi connectivity index (χ1n) is 8.19. The van der Waals surface area contributed by atoms with E-state index in [9.17, 15) is 4.79 Å². The summed E-state index contributed by atoms with van der Waals surface area (Å²) in [5, 5.41) is 3.30. The van der Waals surface area contributed by atoms with Crippen LogP contribution in [0, 0.1) is 0 Å². The molecular formula is C19H20N2O2. The van der Waals surface area contributed by atoms with Crippen LogP contribution in [-0.2, 0) is 0 Å². The molecule has 23 heavy (non-hydrogen) atoms. The van der Waals surface area contributed by atoms with Gasteiger partial charge >= 0.3 is 0 Å². The highest BCUT2D eigenvalue weighted by atomic mass is 16.3. The van der Waals surface area contributed by atoms with E-state index in [1.54, 1.807) is 0 Å². The monoisotopic (exact) mass is 308 g/mol. The highest BCUT2D eigenvalue weighted by Gasteiger charge is 2.24. The average molecular weight is 308 g/mol. The Balaban J connectivity index is 1.67. The van der Waals surface area contributed by atoms with E-state index >= 15 is 0 Å². The lowest BCUT2D eigenvalue weighted by molar-refractivity contribution is 0.0614. The molecule has 4 rings (SSSR count). The minimum absolute atomic E-state index is 0.000958. The number of hydrogen-bond donors (Lipinski definition) is 0. The zero-order valence-corrected chi connectivity index (χ0v) is 13.3. The molecular weight excluding hydrogens is 288 g/mol. The Labute approximate surface area is 135 Å². The van der Waals surface area contributed by atoms with Crippen LogP contribution in [0.5, 0.6) is 0 Å². The molecule has 4 nitrogen and oxygen atoms in total. The van der Waals surface area contributed by atoms with Gasteiger partial charge in [-0.15, -0.1) is 0 Å². The van der Waals surface area contributed by atoms with E-state index in [4.69, 9.17) is 4.42 Å². The van der Waals surface area contributed by atoms with Gasteiger partial charge in [-0.05, 0) is 29.4 Å². The van der Waals surface area contributed by atoms with Gasteiger partial charge in [-0.2, -0.15) is 0 Å². The number of furan rings is 1. The molecule has 0 atom stereocenters. The SMILES string of the molecule is CCN1CCN(C(=O)c2cc3c(ccc4ccccc43)o2)CC1. The van der Waals surface area contributed by atoms with Crippen LogP contribution in [-0.4, -0.2) is 48.4 Å². The first-order chi connectivity index (χ1) is 11.3. The average Bonchev–Trinajstić information content (AvgIpc) is 3.06. The molecule has 0 N–H and O–H groups in total. The molecule has 2 aromatic carbocycles. The summed E-state index contributed by atoms with van der Waals surface area (Å²) in [5.41, 5.74) is 0.777. The van der Waals surface area contributed by atoms with Crippen LogP contribution in [0.1, 0.15) is 17.5 Å². The van der Waals surface area contributed by atoms with Gasteiger partial charge in [0.1, 0.15) is 5.58 Å². The summed E-state index contributed by atoms with van der Waals surface area (Å²) in [4.78, 5) is 17.0. The molecule has 1 fully saturated rings. The number of nitrogens with zero attached hydrogens (tertiary/aromatic N) is 2. The molecule has 0 spiro atoms. The maximum atomic E-state index is 12.7. The van der Waals surface area contributed by atoms with Gasteiger partial charge in [-0.1, -0.05) is 37.3 Å². The van der Waals surface area contributed by atoms with Crippen molar-refractivity contribution < 1.29 is 9.21 Å². The second-order valence-corrected chi connectivity index (χ2v) is 6.04. The van der Waals surface area contributed by atoms with Crippen LogP contribution in [0.2, 0.25) is 0 Å². The van der Waals surface area contributed by atoms with Crippen LogP contribution in [0.25, 0.3) is 21.7 Å². The molecule has 1 aliphatic heterocycles. The predicted molar refractivity (Wildman–Crippen MR) is 91.7 cm³/mol. The van der Waals surface area contributed by atoms with Crippen LogP contribution < -0.4 is 0 Å². The number of piperazine rings is 1. The van der Waals surface area contributed by atoms with Gasteiger partial charge in [0.2, 0.25) is 0 Å². The second-order valence-electron chi connectivity index (χ2n) is 6.04. The Hall–Kier alpha value is -2.33. The van der Waals surface area contributed by atoms with Gasteiger partial charge in [-0.3, -0.25) is 4.79 Å². The van der Waals surface area contributed by atoms with E-state index in [0.29, 0.717) is 5.76 Å². The summed E-state index contributed by atoms with van der Waals surface area (Å²) >= 11 is 0. The first-order valence-corrected chi connectivity index (χ1v) is 8.19. The Morgan fingerprint density at radius 3 is 2.61 bits per heavy atom. The van der Waals surface area contributed by atoms with Crippen molar-refractivity contribution in [3.63, 3.8) is 0 Å². The number of amides is 1. The summed E-state index contributed by atoms with van der Waals surface area (Å²) in [6.45, 7) is 6.60. The Morgan fingerprint density at radius 2 is 1.83 bits per heavy atom. The predicted octanol–water partition coefficient (Wildman–Crippen LogP) is 3.36. The summed E-state index contributed by atoms with van der Waals surface area (Å²) in [7, 11) is 0. The minimum atomic E-state index is 0.000958. The molecule has 2 heterocycles. The molecule has 1 amide bonds. The summed E-state index contributed by atoms with van der Waals surface area (Å²) < 4.78 is 5.84. The van der Waals surface area contributed by atoms with Gasteiger partial charge in [-0.25, -0.2) is 0 Å². The molecule has 0 aliphatic carbocycles. The van der Waals surface area contributed by atoms with Crippen LogP contribution in [0.3, 0.4) is 0 Å². The number of fused-ring (bicyclic) bond motifs is 3. The lowest BCUT2D eigenvalue weighted by Crippen LogP contribution is -2.48. The molecule has 1 saturated heterocycles. The summed E-state index contributed by atoms with van der Waals surface area (Å²) in [6, 6.07) is 14.1. The summed E-state index contributed by atoms with van der Waals surface area (Å²) in [6.07, 6.45) is 0. The first kappa shape index (κ1) is 14.3. The molecule has 0 unspecified atom stereocenters. The van der Waals surface area contributed by atoms with Crippen molar-refractivity contribution in [3.8, 4) is 0 Å². The Kier molecular flexibility index (Phi) is 3.54. The second kappa shape index (κ2) is 5.70. The number of carbonyl (C=O) groups is 1.